The van der Waals surface area contributed by atoms with Gasteiger partial charge in [-0.1, -0.05) is 48.5 Å². The summed E-state index contributed by atoms with van der Waals surface area (Å²) in [6.45, 7) is -0.151. The van der Waals surface area contributed by atoms with Crippen molar-refractivity contribution in [2.45, 2.75) is 55.6 Å². The molecule has 37 heavy (non-hydrogen) atoms. The van der Waals surface area contributed by atoms with Crippen LogP contribution in [0.1, 0.15) is 11.3 Å². The van der Waals surface area contributed by atoms with Crippen LogP contribution in [0.4, 0.5) is 0 Å². The number of rotatable bonds is 9. The van der Waals surface area contributed by atoms with Crippen molar-refractivity contribution in [2.24, 2.45) is 11.5 Å². The average molecular weight is 513 g/mol. The molecule has 1 aliphatic rings. The molecule has 0 saturated carbocycles. The van der Waals surface area contributed by atoms with E-state index in [-0.39, 0.29) is 19.6 Å². The Hall–Kier alpha value is -3.32. The minimum Gasteiger partial charge on any atom is -0.459 e. The second kappa shape index (κ2) is 11.8. The molecule has 198 valence electrons. The molecule has 9 N–H and O–H groups in total. The third-order valence-electron chi connectivity index (χ3n) is 6.47. The number of nitrogens with one attached hydrogen (secondary N) is 2. The molecular formula is C26H32N4O7. The molecular weight excluding hydrogens is 480 g/mol. The highest BCUT2D eigenvalue weighted by Crippen LogP contribution is 2.23. The summed E-state index contributed by atoms with van der Waals surface area (Å²) in [5, 5.41) is 34.1. The summed E-state index contributed by atoms with van der Waals surface area (Å²) < 4.78 is 11.0. The van der Waals surface area contributed by atoms with Crippen LogP contribution in [0.15, 0.2) is 60.7 Å². The molecule has 4 unspecified atom stereocenters. The molecule has 7 atom stereocenters. The minimum absolute atomic E-state index is 0.0114. The Balaban J connectivity index is 1.50. The number of aliphatic hydroxyl groups excluding tert-OH is 3. The number of benzene rings is 2. The first-order valence-corrected chi connectivity index (χ1v) is 12.0. The van der Waals surface area contributed by atoms with Crippen molar-refractivity contribution in [3.8, 4) is 0 Å². The maximum atomic E-state index is 13.1. The Labute approximate surface area is 213 Å². The predicted octanol–water partition coefficient (Wildman–Crippen LogP) is -0.925. The number of aromatic amines is 1. The molecule has 11 nitrogen and oxygen atoms in total. The van der Waals surface area contributed by atoms with Crippen molar-refractivity contribution in [3.05, 3.63) is 71.9 Å². The standard InChI is InChI=1S/C26H32N4O7/c27-12-19-21(31)22(32)23(33)24(37-19)20(28)25(34)30-18(26(35)36-13-14-6-2-1-3-7-14)11-16-10-15-8-4-5-9-17(15)29-16/h1-10,18-24,29,31-33H,11-13,27-28H2,(H,30,34)/t18-,19?,20?,21+,22?,23?,24-/m0/s1. The Bertz CT molecular complexity index is 1170. The van der Waals surface area contributed by atoms with Crippen LogP contribution in [-0.2, 0) is 32.1 Å². The van der Waals surface area contributed by atoms with Gasteiger partial charge in [0.1, 0.15) is 43.1 Å². The Morgan fingerprint density at radius 1 is 1.03 bits per heavy atom. The van der Waals surface area contributed by atoms with Crippen LogP contribution >= 0.6 is 0 Å². The number of aromatic nitrogens is 1. The number of aliphatic hydroxyl groups is 3. The number of para-hydroxylation sites is 1. The molecule has 1 amide bonds. The quantitative estimate of drug-likeness (QED) is 0.177. The number of H-pyrrole nitrogens is 1. The number of carbonyl (C=O) groups is 2. The number of hydrogen-bond donors (Lipinski definition) is 7. The zero-order chi connectivity index (χ0) is 26.5. The Kier molecular flexibility index (Phi) is 8.54. The van der Waals surface area contributed by atoms with Crippen molar-refractivity contribution in [2.75, 3.05) is 6.54 Å². The molecule has 2 heterocycles. The summed E-state index contributed by atoms with van der Waals surface area (Å²) >= 11 is 0. The second-order valence-corrected chi connectivity index (χ2v) is 9.11. The van der Waals surface area contributed by atoms with Crippen molar-refractivity contribution in [3.63, 3.8) is 0 Å². The van der Waals surface area contributed by atoms with Gasteiger partial charge in [-0.05, 0) is 23.1 Å². The van der Waals surface area contributed by atoms with Gasteiger partial charge >= 0.3 is 5.97 Å². The highest BCUT2D eigenvalue weighted by Gasteiger charge is 2.47. The SMILES string of the molecule is NCC1O[C@@H](C(N)C(=O)N[C@@H](Cc2cc3ccccc3[nH]2)C(=O)OCc2ccccc2)C(O)C(O)[C@@H]1O. The van der Waals surface area contributed by atoms with Crippen LogP contribution in [0.5, 0.6) is 0 Å². The summed E-state index contributed by atoms with van der Waals surface area (Å²) in [5.41, 5.74) is 14.0. The molecule has 4 rings (SSSR count). The van der Waals surface area contributed by atoms with Gasteiger partial charge in [-0.15, -0.1) is 0 Å². The van der Waals surface area contributed by atoms with Crippen LogP contribution in [0.2, 0.25) is 0 Å². The van der Waals surface area contributed by atoms with Gasteiger partial charge in [0.2, 0.25) is 5.91 Å². The maximum Gasteiger partial charge on any atom is 0.329 e. The second-order valence-electron chi connectivity index (χ2n) is 9.11. The molecule has 0 radical (unpaired) electrons. The van der Waals surface area contributed by atoms with E-state index in [9.17, 15) is 24.9 Å². The lowest BCUT2D eigenvalue weighted by Crippen LogP contribution is -2.66. The number of amides is 1. The lowest BCUT2D eigenvalue weighted by atomic mass is 9.91. The van der Waals surface area contributed by atoms with E-state index in [1.54, 1.807) is 0 Å². The number of nitrogens with two attached hydrogens (primary N) is 2. The van der Waals surface area contributed by atoms with Crippen molar-refractivity contribution < 1.29 is 34.4 Å². The van der Waals surface area contributed by atoms with Gasteiger partial charge in [-0.25, -0.2) is 4.79 Å². The zero-order valence-corrected chi connectivity index (χ0v) is 20.1. The normalized spacial score (nSPS) is 25.4. The largest absolute Gasteiger partial charge is 0.459 e. The summed E-state index contributed by atoms with van der Waals surface area (Å²) in [4.78, 5) is 29.4. The summed E-state index contributed by atoms with van der Waals surface area (Å²) in [6.07, 6.45) is -6.99. The molecule has 2 aromatic carbocycles. The highest BCUT2D eigenvalue weighted by atomic mass is 16.5. The Morgan fingerprint density at radius 2 is 1.73 bits per heavy atom. The highest BCUT2D eigenvalue weighted by molar-refractivity contribution is 5.88. The number of ether oxygens (including phenoxy) is 2. The average Bonchev–Trinajstić information content (AvgIpc) is 3.33. The van der Waals surface area contributed by atoms with E-state index in [0.29, 0.717) is 5.69 Å². The van der Waals surface area contributed by atoms with E-state index < -0.39 is 54.5 Å². The molecule has 0 aliphatic carbocycles. The number of carbonyl (C=O) groups excluding carboxylic acids is 2. The first kappa shape index (κ1) is 26.7. The van der Waals surface area contributed by atoms with Gasteiger partial charge < -0.3 is 46.6 Å². The molecule has 3 aromatic rings. The predicted molar refractivity (Wildman–Crippen MR) is 134 cm³/mol. The first-order chi connectivity index (χ1) is 17.8. The minimum atomic E-state index is -1.64. The van der Waals surface area contributed by atoms with E-state index >= 15 is 0 Å². The van der Waals surface area contributed by atoms with E-state index in [0.717, 1.165) is 16.5 Å². The van der Waals surface area contributed by atoms with Crippen LogP contribution in [0, 0.1) is 0 Å². The van der Waals surface area contributed by atoms with E-state index in [4.69, 9.17) is 20.9 Å². The third-order valence-corrected chi connectivity index (χ3v) is 6.47. The van der Waals surface area contributed by atoms with E-state index in [1.807, 2.05) is 60.7 Å². The van der Waals surface area contributed by atoms with Crippen LogP contribution in [0.25, 0.3) is 10.9 Å². The van der Waals surface area contributed by atoms with Crippen molar-refractivity contribution in [1.82, 2.24) is 10.3 Å². The van der Waals surface area contributed by atoms with Crippen LogP contribution in [0.3, 0.4) is 0 Å². The summed E-state index contributed by atoms with van der Waals surface area (Å²) in [6, 6.07) is 16.0. The lowest BCUT2D eigenvalue weighted by Gasteiger charge is -2.42. The van der Waals surface area contributed by atoms with Crippen LogP contribution < -0.4 is 16.8 Å². The first-order valence-electron chi connectivity index (χ1n) is 12.0. The number of hydrogen-bond acceptors (Lipinski definition) is 9. The zero-order valence-electron chi connectivity index (χ0n) is 20.1. The van der Waals surface area contributed by atoms with Gasteiger partial charge in [0.15, 0.2) is 0 Å². The van der Waals surface area contributed by atoms with Gasteiger partial charge in [0.25, 0.3) is 0 Å². The third kappa shape index (κ3) is 6.16. The molecule has 1 aromatic heterocycles. The van der Waals surface area contributed by atoms with Gasteiger partial charge in [-0.3, -0.25) is 4.79 Å². The topological polar surface area (TPSA) is 193 Å². The fourth-order valence-electron chi connectivity index (χ4n) is 4.37. The smallest absolute Gasteiger partial charge is 0.329 e. The van der Waals surface area contributed by atoms with Gasteiger partial charge in [-0.2, -0.15) is 0 Å². The molecule has 11 heteroatoms. The molecule has 1 aliphatic heterocycles. The monoisotopic (exact) mass is 512 g/mol. The molecule has 0 bridgehead atoms. The van der Waals surface area contributed by atoms with E-state index in [2.05, 4.69) is 10.3 Å². The lowest BCUT2D eigenvalue weighted by molar-refractivity contribution is -0.223. The van der Waals surface area contributed by atoms with Gasteiger partial charge in [0, 0.05) is 24.2 Å². The van der Waals surface area contributed by atoms with Gasteiger partial charge in [0.05, 0.1) is 6.10 Å². The maximum absolute atomic E-state index is 13.1. The number of esters is 1. The number of fused-ring (bicyclic) bond motifs is 1. The Morgan fingerprint density at radius 3 is 2.43 bits per heavy atom. The van der Waals surface area contributed by atoms with E-state index in [1.165, 1.54) is 0 Å². The van der Waals surface area contributed by atoms with Crippen LogP contribution in [-0.4, -0.2) is 81.3 Å². The summed E-state index contributed by atoms with van der Waals surface area (Å²) in [7, 11) is 0. The van der Waals surface area contributed by atoms with Crippen molar-refractivity contribution >= 4 is 22.8 Å². The summed E-state index contributed by atoms with van der Waals surface area (Å²) in [5.74, 6) is -1.48. The fourth-order valence-corrected chi connectivity index (χ4v) is 4.37. The van der Waals surface area contributed by atoms with Crippen molar-refractivity contribution in [1.29, 1.82) is 0 Å². The fraction of sp³-hybridized carbons (Fsp3) is 0.385. The molecule has 1 fully saturated rings. The molecule has 1 saturated heterocycles. The molecule has 0 spiro atoms.